The Morgan fingerprint density at radius 2 is 2.37 bits per heavy atom. The Labute approximate surface area is 114 Å². The molecule has 0 aromatic carbocycles. The average Bonchev–Trinajstić information content (AvgIpc) is 2.93. The van der Waals surface area contributed by atoms with Crippen LogP contribution in [0.5, 0.6) is 0 Å². The lowest BCUT2D eigenvalue weighted by Gasteiger charge is -2.08. The fourth-order valence-electron chi connectivity index (χ4n) is 1.41. The molecule has 2 rings (SSSR count). The van der Waals surface area contributed by atoms with Crippen LogP contribution in [0.25, 0.3) is 11.5 Å². The fraction of sp³-hybridized carbons (Fsp3) is 0.333. The van der Waals surface area contributed by atoms with Gasteiger partial charge in [0.25, 0.3) is 5.22 Å². The van der Waals surface area contributed by atoms with Crippen LogP contribution in [0.15, 0.2) is 34.2 Å². The van der Waals surface area contributed by atoms with Gasteiger partial charge >= 0.3 is 5.97 Å². The van der Waals surface area contributed by atoms with Gasteiger partial charge in [0, 0.05) is 12.4 Å². The topological polar surface area (TPSA) is 78.1 Å². The van der Waals surface area contributed by atoms with Crippen LogP contribution in [0.1, 0.15) is 13.3 Å². The van der Waals surface area contributed by atoms with Crippen LogP contribution in [0, 0.1) is 0 Å². The van der Waals surface area contributed by atoms with E-state index in [9.17, 15) is 4.79 Å². The minimum Gasteiger partial charge on any atom is -0.468 e. The van der Waals surface area contributed by atoms with Crippen molar-refractivity contribution in [2.24, 2.45) is 0 Å². The molecule has 0 fully saturated rings. The third kappa shape index (κ3) is 3.31. The lowest BCUT2D eigenvalue weighted by molar-refractivity contribution is -0.140. The average molecular weight is 279 g/mol. The summed E-state index contributed by atoms with van der Waals surface area (Å²) in [6.07, 6.45) is 3.93. The predicted octanol–water partition coefficient (Wildman–Crippen LogP) is 2.18. The van der Waals surface area contributed by atoms with E-state index < -0.39 is 0 Å². The maximum Gasteiger partial charge on any atom is 0.319 e. The fourth-order valence-corrected chi connectivity index (χ4v) is 2.23. The minimum atomic E-state index is -0.341. The zero-order chi connectivity index (χ0) is 13.7. The van der Waals surface area contributed by atoms with Gasteiger partial charge < -0.3 is 9.15 Å². The van der Waals surface area contributed by atoms with E-state index >= 15 is 0 Å². The molecule has 0 spiro atoms. The number of ether oxygens (including phenoxy) is 1. The van der Waals surface area contributed by atoms with E-state index in [4.69, 9.17) is 9.15 Å². The van der Waals surface area contributed by atoms with E-state index in [1.165, 1.54) is 18.9 Å². The molecule has 100 valence electrons. The van der Waals surface area contributed by atoms with Gasteiger partial charge in [0.15, 0.2) is 0 Å². The smallest absolute Gasteiger partial charge is 0.319 e. The predicted molar refractivity (Wildman–Crippen MR) is 69.5 cm³/mol. The molecule has 2 aromatic heterocycles. The molecule has 0 N–H and O–H groups in total. The Morgan fingerprint density at radius 1 is 1.53 bits per heavy atom. The van der Waals surface area contributed by atoms with Gasteiger partial charge in [0.1, 0.15) is 5.25 Å². The molecule has 0 aliphatic heterocycles. The molecule has 0 bridgehead atoms. The van der Waals surface area contributed by atoms with Gasteiger partial charge in [-0.2, -0.15) is 0 Å². The summed E-state index contributed by atoms with van der Waals surface area (Å²) in [4.78, 5) is 15.5. The van der Waals surface area contributed by atoms with Crippen molar-refractivity contribution in [3.8, 4) is 11.5 Å². The number of carbonyl (C=O) groups excluding carboxylic acids is 1. The maximum absolute atomic E-state index is 11.5. The molecule has 7 heteroatoms. The summed E-state index contributed by atoms with van der Waals surface area (Å²) in [7, 11) is 1.36. The van der Waals surface area contributed by atoms with Crippen molar-refractivity contribution in [2.45, 2.75) is 23.8 Å². The summed E-state index contributed by atoms with van der Waals surface area (Å²) in [6, 6.07) is 3.61. The number of aromatic nitrogens is 3. The van der Waals surface area contributed by atoms with E-state index in [0.717, 1.165) is 5.56 Å². The van der Waals surface area contributed by atoms with Gasteiger partial charge in [-0.15, -0.1) is 10.2 Å². The number of carbonyl (C=O) groups is 1. The largest absolute Gasteiger partial charge is 0.468 e. The molecule has 2 aromatic rings. The summed E-state index contributed by atoms with van der Waals surface area (Å²) < 4.78 is 10.2. The summed E-state index contributed by atoms with van der Waals surface area (Å²) in [5.74, 6) is 0.0870. The highest BCUT2D eigenvalue weighted by atomic mass is 32.2. The first kappa shape index (κ1) is 13.5. The number of methoxy groups -OCH3 is 1. The molecular weight excluding hydrogens is 266 g/mol. The molecule has 0 aliphatic rings. The molecule has 1 unspecified atom stereocenters. The van der Waals surface area contributed by atoms with Crippen molar-refractivity contribution in [3.63, 3.8) is 0 Å². The molecule has 0 amide bonds. The number of hydrogen-bond acceptors (Lipinski definition) is 7. The zero-order valence-electron chi connectivity index (χ0n) is 10.6. The quantitative estimate of drug-likeness (QED) is 0.613. The molecular formula is C12H13N3O3S. The second kappa shape index (κ2) is 6.33. The summed E-state index contributed by atoms with van der Waals surface area (Å²) in [5, 5.41) is 7.84. The van der Waals surface area contributed by atoms with Crippen molar-refractivity contribution < 1.29 is 13.9 Å². The Kier molecular flexibility index (Phi) is 4.51. The van der Waals surface area contributed by atoms with Crippen LogP contribution in [0.3, 0.4) is 0 Å². The van der Waals surface area contributed by atoms with Crippen molar-refractivity contribution in [1.29, 1.82) is 0 Å². The van der Waals surface area contributed by atoms with Gasteiger partial charge in [-0.1, -0.05) is 18.7 Å². The van der Waals surface area contributed by atoms with Crippen LogP contribution in [-0.2, 0) is 9.53 Å². The van der Waals surface area contributed by atoms with Crippen molar-refractivity contribution in [2.75, 3.05) is 7.11 Å². The Balaban J connectivity index is 2.11. The third-order valence-corrected chi connectivity index (χ3v) is 3.57. The molecule has 0 saturated heterocycles. The summed E-state index contributed by atoms with van der Waals surface area (Å²) >= 11 is 1.20. The number of hydrogen-bond donors (Lipinski definition) is 0. The first-order chi connectivity index (χ1) is 9.24. The van der Waals surface area contributed by atoms with E-state index in [-0.39, 0.29) is 11.2 Å². The minimum absolute atomic E-state index is 0.298. The lowest BCUT2D eigenvalue weighted by atomic mass is 10.3. The number of thioether (sulfide) groups is 1. The monoisotopic (exact) mass is 279 g/mol. The highest BCUT2D eigenvalue weighted by Crippen LogP contribution is 2.27. The van der Waals surface area contributed by atoms with Crippen molar-refractivity contribution in [1.82, 2.24) is 15.2 Å². The standard InChI is InChI=1S/C12H13N3O3S/c1-3-9(11(16)17-2)19-12-15-14-10(18-12)8-5-4-6-13-7-8/h4-7,9H,3H2,1-2H3. The molecule has 0 saturated carbocycles. The van der Waals surface area contributed by atoms with Gasteiger partial charge in [-0.25, -0.2) is 0 Å². The highest BCUT2D eigenvalue weighted by molar-refractivity contribution is 8.00. The first-order valence-corrected chi connectivity index (χ1v) is 6.61. The Hall–Kier alpha value is -1.89. The zero-order valence-corrected chi connectivity index (χ0v) is 11.4. The normalized spacial score (nSPS) is 12.1. The van der Waals surface area contributed by atoms with Crippen LogP contribution in [0.2, 0.25) is 0 Å². The lowest BCUT2D eigenvalue weighted by Crippen LogP contribution is -2.17. The van der Waals surface area contributed by atoms with E-state index in [2.05, 4.69) is 15.2 Å². The molecule has 19 heavy (non-hydrogen) atoms. The molecule has 6 nitrogen and oxygen atoms in total. The van der Waals surface area contributed by atoms with Gasteiger partial charge in [0.05, 0.1) is 12.7 Å². The van der Waals surface area contributed by atoms with Gasteiger partial charge in [-0.3, -0.25) is 9.78 Å². The van der Waals surface area contributed by atoms with E-state index in [1.54, 1.807) is 18.5 Å². The van der Waals surface area contributed by atoms with E-state index in [1.807, 2.05) is 13.0 Å². The van der Waals surface area contributed by atoms with Crippen LogP contribution < -0.4 is 0 Å². The van der Waals surface area contributed by atoms with E-state index in [0.29, 0.717) is 17.5 Å². The van der Waals surface area contributed by atoms with Crippen molar-refractivity contribution in [3.05, 3.63) is 24.5 Å². The number of pyridine rings is 1. The van der Waals surface area contributed by atoms with Gasteiger partial charge in [0.2, 0.25) is 5.89 Å². The first-order valence-electron chi connectivity index (χ1n) is 5.73. The van der Waals surface area contributed by atoms with Gasteiger partial charge in [-0.05, 0) is 18.6 Å². The number of nitrogens with zero attached hydrogens (tertiary/aromatic N) is 3. The van der Waals surface area contributed by atoms with Crippen LogP contribution in [-0.4, -0.2) is 33.5 Å². The second-order valence-corrected chi connectivity index (χ2v) is 4.81. The van der Waals surface area contributed by atoms with Crippen LogP contribution in [0.4, 0.5) is 0 Å². The number of rotatable bonds is 5. The maximum atomic E-state index is 11.5. The third-order valence-electron chi connectivity index (χ3n) is 2.39. The van der Waals surface area contributed by atoms with Crippen LogP contribution >= 0.6 is 11.8 Å². The highest BCUT2D eigenvalue weighted by Gasteiger charge is 2.22. The SMILES string of the molecule is CCC(Sc1nnc(-c2cccnc2)o1)C(=O)OC. The molecule has 2 heterocycles. The Bertz CT molecular complexity index is 544. The molecule has 0 aliphatic carbocycles. The van der Waals surface area contributed by atoms with Crippen molar-refractivity contribution >= 4 is 17.7 Å². The molecule has 0 radical (unpaired) electrons. The number of esters is 1. The Morgan fingerprint density at radius 3 is 3.00 bits per heavy atom. The second-order valence-electron chi connectivity index (χ2n) is 3.65. The summed E-state index contributed by atoms with van der Waals surface area (Å²) in [5.41, 5.74) is 0.743. The summed E-state index contributed by atoms with van der Waals surface area (Å²) in [6.45, 7) is 1.90. The molecule has 1 atom stereocenters.